The van der Waals surface area contributed by atoms with E-state index in [-0.39, 0.29) is 59.3 Å². The van der Waals surface area contributed by atoms with Gasteiger partial charge in [0.05, 0.1) is 19.8 Å². The standard InChI is InChI=1S/C17H28O12.Y/c1-4-27-14(21)6-15(22)29-10-17(3,24)8-26-11-25-7-16(2,23)9-28-13(20)5-12(18)19;/h23-24H,4-11H2,1-3H3,(H,18,19);. The van der Waals surface area contributed by atoms with Crippen molar-refractivity contribution < 1.29 is 90.9 Å². The van der Waals surface area contributed by atoms with E-state index in [9.17, 15) is 29.4 Å². The average Bonchev–Trinajstić information content (AvgIpc) is 2.57. The second-order valence-corrected chi connectivity index (χ2v) is 6.68. The third-order valence-corrected chi connectivity index (χ3v) is 2.97. The first-order valence-corrected chi connectivity index (χ1v) is 8.66. The molecule has 0 spiro atoms. The van der Waals surface area contributed by atoms with Crippen LogP contribution in [0.3, 0.4) is 0 Å². The maximum absolute atomic E-state index is 11.4. The van der Waals surface area contributed by atoms with Crippen LogP contribution in [0.15, 0.2) is 0 Å². The van der Waals surface area contributed by atoms with Crippen molar-refractivity contribution in [2.45, 2.75) is 44.8 Å². The molecule has 0 rings (SSSR count). The van der Waals surface area contributed by atoms with E-state index >= 15 is 0 Å². The van der Waals surface area contributed by atoms with Crippen molar-refractivity contribution in [1.29, 1.82) is 0 Å². The van der Waals surface area contributed by atoms with Gasteiger partial charge in [-0.25, -0.2) is 0 Å². The number of esters is 3. The van der Waals surface area contributed by atoms with E-state index in [1.165, 1.54) is 13.8 Å². The number of ether oxygens (including phenoxy) is 5. The normalized spacial score (nSPS) is 14.4. The van der Waals surface area contributed by atoms with Crippen LogP contribution in [0.25, 0.3) is 0 Å². The number of aliphatic hydroxyl groups is 2. The summed E-state index contributed by atoms with van der Waals surface area (Å²) in [7, 11) is 0. The summed E-state index contributed by atoms with van der Waals surface area (Å²) in [6.07, 6.45) is -1.39. The molecule has 12 nitrogen and oxygen atoms in total. The van der Waals surface area contributed by atoms with Crippen LogP contribution in [0, 0.1) is 0 Å². The molecular formula is C17H28O12Y. The van der Waals surface area contributed by atoms with E-state index in [0.29, 0.717) is 0 Å². The summed E-state index contributed by atoms with van der Waals surface area (Å²) in [5, 5.41) is 28.4. The maximum Gasteiger partial charge on any atom is 0.317 e. The number of carboxylic acids is 1. The van der Waals surface area contributed by atoms with E-state index in [1.54, 1.807) is 6.92 Å². The molecule has 0 aliphatic rings. The minimum Gasteiger partial charge on any atom is -0.481 e. The third kappa shape index (κ3) is 17.7. The molecule has 3 N–H and O–H groups in total. The molecule has 0 amide bonds. The van der Waals surface area contributed by atoms with Crippen molar-refractivity contribution in [3.8, 4) is 0 Å². The molecule has 171 valence electrons. The van der Waals surface area contributed by atoms with Crippen LogP contribution < -0.4 is 0 Å². The second-order valence-electron chi connectivity index (χ2n) is 6.68. The Morgan fingerprint density at radius 2 is 1.13 bits per heavy atom. The Bertz CT molecular complexity index is 561. The van der Waals surface area contributed by atoms with Gasteiger partial charge < -0.3 is 39.0 Å². The summed E-state index contributed by atoms with van der Waals surface area (Å²) in [5.41, 5.74) is -3.13. The number of hydrogen-bond donors (Lipinski definition) is 3. The zero-order chi connectivity index (χ0) is 22.5. The number of carbonyl (C=O) groups is 4. The van der Waals surface area contributed by atoms with Gasteiger partial charge in [0.2, 0.25) is 0 Å². The molecule has 1 radical (unpaired) electrons. The van der Waals surface area contributed by atoms with Gasteiger partial charge in [0, 0.05) is 32.7 Å². The molecule has 13 heteroatoms. The van der Waals surface area contributed by atoms with Crippen LogP contribution in [0.2, 0.25) is 0 Å². The van der Waals surface area contributed by atoms with E-state index in [4.69, 9.17) is 19.3 Å². The topological polar surface area (TPSA) is 175 Å². The smallest absolute Gasteiger partial charge is 0.317 e. The Hall–Kier alpha value is -1.18. The van der Waals surface area contributed by atoms with E-state index in [2.05, 4.69) is 9.47 Å². The predicted molar refractivity (Wildman–Crippen MR) is 93.4 cm³/mol. The van der Waals surface area contributed by atoms with Crippen LogP contribution >= 0.6 is 0 Å². The van der Waals surface area contributed by atoms with Crippen molar-refractivity contribution in [3.63, 3.8) is 0 Å². The number of aliphatic carboxylic acids is 1. The molecule has 0 aliphatic carbocycles. The summed E-state index contributed by atoms with van der Waals surface area (Å²) in [6.45, 7) is 2.54. The maximum atomic E-state index is 11.4. The molecule has 0 fully saturated rings. The van der Waals surface area contributed by atoms with Crippen molar-refractivity contribution in [2.24, 2.45) is 0 Å². The average molecular weight is 513 g/mol. The van der Waals surface area contributed by atoms with Gasteiger partial charge in [-0.1, -0.05) is 0 Å². The van der Waals surface area contributed by atoms with Gasteiger partial charge in [-0.05, 0) is 20.8 Å². The fourth-order valence-corrected chi connectivity index (χ4v) is 1.69. The van der Waals surface area contributed by atoms with Crippen LogP contribution in [0.5, 0.6) is 0 Å². The number of hydrogen-bond acceptors (Lipinski definition) is 11. The summed E-state index contributed by atoms with van der Waals surface area (Å²) in [6, 6.07) is 0. The molecule has 0 aliphatic heterocycles. The van der Waals surface area contributed by atoms with Gasteiger partial charge in [0.25, 0.3) is 0 Å². The first-order chi connectivity index (χ1) is 13.4. The van der Waals surface area contributed by atoms with Crippen molar-refractivity contribution in [1.82, 2.24) is 0 Å². The first kappa shape index (κ1) is 31.0. The monoisotopic (exact) mass is 513 g/mol. The third-order valence-electron chi connectivity index (χ3n) is 2.97. The molecule has 0 saturated heterocycles. The summed E-state index contributed by atoms with van der Waals surface area (Å²) < 4.78 is 24.1. The first-order valence-electron chi connectivity index (χ1n) is 8.66. The van der Waals surface area contributed by atoms with E-state index in [1.807, 2.05) is 0 Å². The fraction of sp³-hybridized carbons (Fsp3) is 0.765. The van der Waals surface area contributed by atoms with Crippen LogP contribution in [-0.2, 0) is 75.6 Å². The molecule has 0 aromatic carbocycles. The zero-order valence-electron chi connectivity index (χ0n) is 17.3. The van der Waals surface area contributed by atoms with Gasteiger partial charge in [-0.3, -0.25) is 19.2 Å². The van der Waals surface area contributed by atoms with Gasteiger partial charge in [-0.15, -0.1) is 0 Å². The van der Waals surface area contributed by atoms with Crippen molar-refractivity contribution in [3.05, 3.63) is 0 Å². The molecule has 30 heavy (non-hydrogen) atoms. The summed E-state index contributed by atoms with van der Waals surface area (Å²) in [4.78, 5) is 44.0. The Kier molecular flexibility index (Phi) is 16.1. The van der Waals surface area contributed by atoms with E-state index in [0.717, 1.165) is 0 Å². The quantitative estimate of drug-likeness (QED) is 0.0801. The predicted octanol–water partition coefficient (Wildman–Crippen LogP) is -1.01. The number of carboxylic acid groups (broad SMARTS) is 1. The largest absolute Gasteiger partial charge is 0.481 e. The van der Waals surface area contributed by atoms with Gasteiger partial charge >= 0.3 is 23.9 Å². The van der Waals surface area contributed by atoms with E-state index < -0.39 is 61.1 Å². The van der Waals surface area contributed by atoms with Crippen molar-refractivity contribution >= 4 is 23.9 Å². The Balaban J connectivity index is 0. The summed E-state index contributed by atoms with van der Waals surface area (Å²) in [5.74, 6) is -3.93. The Labute approximate surface area is 199 Å². The van der Waals surface area contributed by atoms with Gasteiger partial charge in [-0.2, -0.15) is 0 Å². The molecule has 0 saturated carbocycles. The van der Waals surface area contributed by atoms with Crippen LogP contribution in [0.1, 0.15) is 33.6 Å². The van der Waals surface area contributed by atoms with Crippen LogP contribution in [-0.4, -0.2) is 90.2 Å². The van der Waals surface area contributed by atoms with Gasteiger partial charge in [0.1, 0.15) is 44.1 Å². The summed E-state index contributed by atoms with van der Waals surface area (Å²) >= 11 is 0. The zero-order valence-corrected chi connectivity index (χ0v) is 20.1. The van der Waals surface area contributed by atoms with Gasteiger partial charge in [0.15, 0.2) is 0 Å². The molecule has 0 aromatic heterocycles. The number of carbonyl (C=O) groups excluding carboxylic acids is 3. The Morgan fingerprint density at radius 3 is 1.53 bits per heavy atom. The van der Waals surface area contributed by atoms with Crippen LogP contribution in [0.4, 0.5) is 0 Å². The molecule has 0 bridgehead atoms. The fourth-order valence-electron chi connectivity index (χ4n) is 1.69. The second kappa shape index (κ2) is 15.6. The Morgan fingerprint density at radius 1 is 0.733 bits per heavy atom. The molecule has 0 aromatic rings. The molecule has 2 atom stereocenters. The van der Waals surface area contributed by atoms with Crippen molar-refractivity contribution in [2.75, 3.05) is 39.8 Å². The number of rotatable bonds is 15. The SMILES string of the molecule is CCOC(=O)CC(=O)OCC(C)(O)COCOCC(C)(O)COC(=O)CC(=O)O.[Y]. The minimum atomic E-state index is -1.58. The molecule has 0 heterocycles. The molecule has 2 unspecified atom stereocenters. The molecular weight excluding hydrogens is 485 g/mol. The minimum absolute atomic E-state index is 0.